The quantitative estimate of drug-likeness (QED) is 0.592. The van der Waals surface area contributed by atoms with E-state index in [2.05, 4.69) is 4.98 Å². The molecule has 1 N–H and O–H groups in total. The van der Waals surface area contributed by atoms with E-state index in [0.29, 0.717) is 52.0 Å². The smallest absolute Gasteiger partial charge is 0.326 e. The number of carbonyl (C=O) groups excluding carboxylic acids is 2. The predicted octanol–water partition coefficient (Wildman–Crippen LogP) is 3.20. The molecule has 8 heteroatoms. The number of aromatic nitrogens is 2. The first kappa shape index (κ1) is 23.2. The Morgan fingerprint density at radius 1 is 0.857 bits per heavy atom. The first-order chi connectivity index (χ1) is 17.1. The van der Waals surface area contributed by atoms with Gasteiger partial charge in [0.25, 0.3) is 0 Å². The summed E-state index contributed by atoms with van der Waals surface area (Å²) in [5.74, 6) is 1.00. The molecule has 0 saturated carbocycles. The van der Waals surface area contributed by atoms with Crippen molar-refractivity contribution >= 4 is 22.8 Å². The molecule has 2 aliphatic rings. The Hall–Kier alpha value is -3.55. The average molecular weight is 477 g/mol. The van der Waals surface area contributed by atoms with E-state index in [0.717, 1.165) is 29.6 Å². The van der Waals surface area contributed by atoms with Gasteiger partial charge < -0.3 is 19.5 Å². The van der Waals surface area contributed by atoms with Gasteiger partial charge >= 0.3 is 5.69 Å². The van der Waals surface area contributed by atoms with Gasteiger partial charge in [0.1, 0.15) is 5.75 Å². The van der Waals surface area contributed by atoms with Gasteiger partial charge in [-0.05, 0) is 49.9 Å². The summed E-state index contributed by atoms with van der Waals surface area (Å²) in [5, 5.41) is 0. The van der Waals surface area contributed by atoms with E-state index in [-0.39, 0.29) is 29.5 Å². The third kappa shape index (κ3) is 5.11. The van der Waals surface area contributed by atoms with E-state index < -0.39 is 0 Å². The summed E-state index contributed by atoms with van der Waals surface area (Å²) in [6.45, 7) is 2.90. The van der Waals surface area contributed by atoms with Crippen LogP contribution in [0.2, 0.25) is 0 Å². The van der Waals surface area contributed by atoms with Crippen LogP contribution < -0.4 is 10.4 Å². The minimum Gasteiger partial charge on any atom is -0.493 e. The second-order valence-corrected chi connectivity index (χ2v) is 9.44. The molecule has 0 radical (unpaired) electrons. The SMILES string of the molecule is O=C(CCOc1ccccc1)N1CCC(C(=O)N2CCC(n3c(=O)[nH]c4ccccc43)CC2)CC1. The number of rotatable bonds is 6. The van der Waals surface area contributed by atoms with Crippen LogP contribution in [0.1, 0.15) is 38.1 Å². The van der Waals surface area contributed by atoms with Gasteiger partial charge in [-0.2, -0.15) is 0 Å². The number of hydrogen-bond acceptors (Lipinski definition) is 4. The number of hydrogen-bond donors (Lipinski definition) is 1. The topological polar surface area (TPSA) is 87.6 Å². The summed E-state index contributed by atoms with van der Waals surface area (Å²) in [7, 11) is 0. The minimum atomic E-state index is -0.0813. The van der Waals surface area contributed by atoms with Crippen molar-refractivity contribution < 1.29 is 14.3 Å². The molecule has 0 atom stereocenters. The highest BCUT2D eigenvalue weighted by Gasteiger charge is 2.32. The fraction of sp³-hybridized carbons (Fsp3) is 0.444. The van der Waals surface area contributed by atoms with Crippen molar-refractivity contribution in [3.05, 3.63) is 65.1 Å². The molecule has 35 heavy (non-hydrogen) atoms. The number of imidazole rings is 1. The van der Waals surface area contributed by atoms with Crippen molar-refractivity contribution in [1.82, 2.24) is 19.4 Å². The summed E-state index contributed by atoms with van der Waals surface area (Å²) in [6, 6.07) is 17.3. The minimum absolute atomic E-state index is 0.0352. The Bertz CT molecular complexity index is 1220. The highest BCUT2D eigenvalue weighted by Crippen LogP contribution is 2.27. The second kappa shape index (κ2) is 10.4. The molecule has 2 amide bonds. The summed E-state index contributed by atoms with van der Waals surface area (Å²) in [4.78, 5) is 45.0. The lowest BCUT2D eigenvalue weighted by Gasteiger charge is -2.37. The number of nitrogens with zero attached hydrogens (tertiary/aromatic N) is 3. The zero-order valence-electron chi connectivity index (χ0n) is 19.9. The number of para-hydroxylation sites is 3. The fourth-order valence-electron chi connectivity index (χ4n) is 5.35. The zero-order chi connectivity index (χ0) is 24.2. The number of amides is 2. The fourth-order valence-corrected chi connectivity index (χ4v) is 5.35. The van der Waals surface area contributed by atoms with E-state index in [1.165, 1.54) is 0 Å². The molecule has 0 spiro atoms. The number of aromatic amines is 1. The van der Waals surface area contributed by atoms with Crippen LogP contribution in [0.3, 0.4) is 0 Å². The van der Waals surface area contributed by atoms with Crippen LogP contribution in [0.25, 0.3) is 11.0 Å². The van der Waals surface area contributed by atoms with Crippen LogP contribution in [0, 0.1) is 5.92 Å². The molecule has 2 aromatic carbocycles. The standard InChI is InChI=1S/C27H32N4O4/c32-25(14-19-35-22-6-2-1-3-7-22)29-15-10-20(11-16-29)26(33)30-17-12-21(13-18-30)31-24-9-5-4-8-23(24)28-27(31)34/h1-9,20-21H,10-19H2,(H,28,34). The molecule has 184 valence electrons. The maximum absolute atomic E-state index is 13.2. The van der Waals surface area contributed by atoms with Crippen molar-refractivity contribution in [1.29, 1.82) is 0 Å². The Morgan fingerprint density at radius 2 is 1.51 bits per heavy atom. The van der Waals surface area contributed by atoms with Gasteiger partial charge in [-0.1, -0.05) is 30.3 Å². The Kier molecular flexibility index (Phi) is 6.88. The van der Waals surface area contributed by atoms with Gasteiger partial charge in [-0.15, -0.1) is 0 Å². The van der Waals surface area contributed by atoms with E-state index in [4.69, 9.17) is 4.74 Å². The molecule has 8 nitrogen and oxygen atoms in total. The van der Waals surface area contributed by atoms with Gasteiger partial charge in [0.15, 0.2) is 0 Å². The summed E-state index contributed by atoms with van der Waals surface area (Å²) in [5.41, 5.74) is 1.69. The molecule has 0 bridgehead atoms. The van der Waals surface area contributed by atoms with Crippen LogP contribution >= 0.6 is 0 Å². The molecule has 0 unspecified atom stereocenters. The number of benzene rings is 2. The molecule has 0 aliphatic carbocycles. The first-order valence-corrected chi connectivity index (χ1v) is 12.5. The zero-order valence-corrected chi connectivity index (χ0v) is 19.9. The van der Waals surface area contributed by atoms with Gasteiger partial charge in [-0.25, -0.2) is 4.79 Å². The maximum Gasteiger partial charge on any atom is 0.326 e. The lowest BCUT2D eigenvalue weighted by Crippen LogP contribution is -2.47. The summed E-state index contributed by atoms with van der Waals surface area (Å²) >= 11 is 0. The number of carbonyl (C=O) groups is 2. The lowest BCUT2D eigenvalue weighted by molar-refractivity contribution is -0.141. The van der Waals surface area contributed by atoms with Crippen molar-refractivity contribution in [2.45, 2.75) is 38.1 Å². The summed E-state index contributed by atoms with van der Waals surface area (Å²) < 4.78 is 7.49. The van der Waals surface area contributed by atoms with E-state index in [9.17, 15) is 14.4 Å². The van der Waals surface area contributed by atoms with Gasteiger partial charge in [0.05, 0.1) is 24.1 Å². The third-order valence-corrected chi connectivity index (χ3v) is 7.29. The Labute approximate surface area is 204 Å². The number of H-pyrrole nitrogens is 1. The van der Waals surface area contributed by atoms with Crippen LogP contribution in [0.4, 0.5) is 0 Å². The number of nitrogens with one attached hydrogen (secondary N) is 1. The van der Waals surface area contributed by atoms with Crippen molar-refractivity contribution in [3.8, 4) is 5.75 Å². The van der Waals surface area contributed by atoms with E-state index >= 15 is 0 Å². The molecule has 3 heterocycles. The van der Waals surface area contributed by atoms with E-state index in [1.807, 2.05) is 69.0 Å². The second-order valence-electron chi connectivity index (χ2n) is 9.44. The van der Waals surface area contributed by atoms with Gasteiger partial charge in [0, 0.05) is 38.1 Å². The number of fused-ring (bicyclic) bond motifs is 1. The molecular weight excluding hydrogens is 444 g/mol. The summed E-state index contributed by atoms with van der Waals surface area (Å²) in [6.07, 6.45) is 3.28. The first-order valence-electron chi connectivity index (χ1n) is 12.5. The van der Waals surface area contributed by atoms with Gasteiger partial charge in [0.2, 0.25) is 11.8 Å². The van der Waals surface area contributed by atoms with Gasteiger partial charge in [-0.3, -0.25) is 14.2 Å². The van der Waals surface area contributed by atoms with Crippen LogP contribution in [0.15, 0.2) is 59.4 Å². The normalized spacial score (nSPS) is 17.6. The van der Waals surface area contributed by atoms with Crippen molar-refractivity contribution in [2.75, 3.05) is 32.8 Å². The highest BCUT2D eigenvalue weighted by molar-refractivity contribution is 5.80. The highest BCUT2D eigenvalue weighted by atomic mass is 16.5. The molecule has 2 saturated heterocycles. The van der Waals surface area contributed by atoms with E-state index in [1.54, 1.807) is 0 Å². The van der Waals surface area contributed by atoms with Crippen LogP contribution in [-0.2, 0) is 9.59 Å². The molecule has 5 rings (SSSR count). The molecule has 2 aliphatic heterocycles. The Balaban J connectivity index is 1.08. The number of likely N-dealkylation sites (tertiary alicyclic amines) is 2. The maximum atomic E-state index is 13.2. The van der Waals surface area contributed by atoms with Crippen LogP contribution in [-0.4, -0.2) is 64.0 Å². The third-order valence-electron chi connectivity index (χ3n) is 7.29. The van der Waals surface area contributed by atoms with Crippen LogP contribution in [0.5, 0.6) is 5.75 Å². The van der Waals surface area contributed by atoms with Crippen molar-refractivity contribution in [3.63, 3.8) is 0 Å². The Morgan fingerprint density at radius 3 is 2.26 bits per heavy atom. The lowest BCUT2D eigenvalue weighted by atomic mass is 9.93. The molecule has 1 aromatic heterocycles. The largest absolute Gasteiger partial charge is 0.493 e. The predicted molar refractivity (Wildman–Crippen MR) is 133 cm³/mol. The monoisotopic (exact) mass is 476 g/mol. The van der Waals surface area contributed by atoms with Crippen molar-refractivity contribution in [2.24, 2.45) is 5.92 Å². The molecule has 3 aromatic rings. The molecule has 2 fully saturated rings. The number of piperidine rings is 2. The number of ether oxygens (including phenoxy) is 1. The molecular formula is C27H32N4O4. The average Bonchev–Trinajstić information content (AvgIpc) is 3.24.